The van der Waals surface area contributed by atoms with Gasteiger partial charge in [0, 0.05) is 18.3 Å². The van der Waals surface area contributed by atoms with Gasteiger partial charge < -0.3 is 30.6 Å². The van der Waals surface area contributed by atoms with Crippen molar-refractivity contribution in [2.75, 3.05) is 0 Å². The Bertz CT molecular complexity index is 1020. The van der Waals surface area contributed by atoms with Gasteiger partial charge in [0.2, 0.25) is 0 Å². The molecule has 0 saturated heterocycles. The smallest absolute Gasteiger partial charge is 0.393 e. The molecule has 0 bridgehead atoms. The van der Waals surface area contributed by atoms with Crippen molar-refractivity contribution in [3.8, 4) is 0 Å². The quantitative estimate of drug-likeness (QED) is 0.182. The molecule has 14 atom stereocenters. The lowest BCUT2D eigenvalue weighted by atomic mass is 9.41. The Morgan fingerprint density at radius 3 is 2.11 bits per heavy atom. The maximum absolute atomic E-state index is 12.4. The normalized spacial score (nSPS) is 50.9. The van der Waals surface area contributed by atoms with Gasteiger partial charge in [0.15, 0.2) is 0 Å². The number of rotatable bonds is 6. The summed E-state index contributed by atoms with van der Waals surface area (Å²) in [6.45, 7) is 9.60. The largest absolute Gasteiger partial charge is 0.397 e. The van der Waals surface area contributed by atoms with Crippen LogP contribution >= 0.6 is 0 Å². The Balaban J connectivity index is 1.67. The Morgan fingerprint density at radius 1 is 0.921 bits per heavy atom. The van der Waals surface area contributed by atoms with Crippen molar-refractivity contribution in [3.63, 3.8) is 0 Å². The molecule has 0 radical (unpaired) electrons. The molecule has 4 fully saturated rings. The summed E-state index contributed by atoms with van der Waals surface area (Å²) < 4.78 is 36.5. The molecule has 220 valence electrons. The van der Waals surface area contributed by atoms with E-state index in [9.17, 15) is 39.1 Å². The lowest BCUT2D eigenvalue weighted by Crippen LogP contribution is -2.71. The van der Waals surface area contributed by atoms with Crippen molar-refractivity contribution in [3.05, 3.63) is 12.2 Å². The van der Waals surface area contributed by atoms with Crippen LogP contribution in [-0.4, -0.2) is 85.8 Å². The van der Waals surface area contributed by atoms with Gasteiger partial charge in [0.05, 0.1) is 36.1 Å². The average Bonchev–Trinajstić information content (AvgIpc) is 2.98. The summed E-state index contributed by atoms with van der Waals surface area (Å²) in [5.41, 5.74) is -3.00. The minimum Gasteiger partial charge on any atom is -0.393 e. The van der Waals surface area contributed by atoms with Crippen molar-refractivity contribution < 1.29 is 47.8 Å². The molecule has 0 aromatic carbocycles. The molecule has 38 heavy (non-hydrogen) atoms. The summed E-state index contributed by atoms with van der Waals surface area (Å²) in [6.07, 6.45) is -1.83. The molecule has 0 aromatic rings. The summed E-state index contributed by atoms with van der Waals surface area (Å²) in [7, 11) is -4.80. The first-order valence-corrected chi connectivity index (χ1v) is 15.2. The molecule has 0 amide bonds. The predicted molar refractivity (Wildman–Crippen MR) is 138 cm³/mol. The van der Waals surface area contributed by atoms with Gasteiger partial charge in [0.25, 0.3) is 0 Å². The minimum atomic E-state index is -4.80. The van der Waals surface area contributed by atoms with Gasteiger partial charge in [-0.25, -0.2) is 4.18 Å². The van der Waals surface area contributed by atoms with E-state index in [1.165, 1.54) is 0 Å². The lowest BCUT2D eigenvalue weighted by molar-refractivity contribution is -0.279. The first-order valence-electron chi connectivity index (χ1n) is 13.8. The minimum absolute atomic E-state index is 0.0303. The number of allylic oxidation sites excluding steroid dienone is 1. The third-order valence-corrected chi connectivity index (χ3v) is 11.5. The molecular weight excluding hydrogens is 516 g/mol. The third kappa shape index (κ3) is 4.69. The molecule has 0 heterocycles. The van der Waals surface area contributed by atoms with E-state index in [-0.39, 0.29) is 24.7 Å². The fourth-order valence-corrected chi connectivity index (χ4v) is 9.95. The molecule has 14 unspecified atom stereocenters. The first kappa shape index (κ1) is 30.3. The molecule has 10 nitrogen and oxygen atoms in total. The number of hydrogen-bond donors (Lipinski definition) is 7. The summed E-state index contributed by atoms with van der Waals surface area (Å²) in [5, 5.41) is 67.7. The highest BCUT2D eigenvalue weighted by molar-refractivity contribution is 7.80. The highest BCUT2D eigenvalue weighted by atomic mass is 32.3. The predicted octanol–water partition coefficient (Wildman–Crippen LogP) is 1.04. The number of hydrogen-bond acceptors (Lipinski definition) is 9. The van der Waals surface area contributed by atoms with E-state index in [0.717, 1.165) is 0 Å². The Hall–Kier alpha value is -0.630. The zero-order valence-electron chi connectivity index (χ0n) is 22.9. The molecule has 0 aliphatic heterocycles. The first-order chi connectivity index (χ1) is 17.4. The van der Waals surface area contributed by atoms with Gasteiger partial charge in [-0.15, -0.1) is 0 Å². The van der Waals surface area contributed by atoms with Gasteiger partial charge in [-0.3, -0.25) is 4.55 Å². The van der Waals surface area contributed by atoms with Crippen LogP contribution in [0.2, 0.25) is 0 Å². The number of aliphatic hydroxyl groups excluding tert-OH is 5. The highest BCUT2D eigenvalue weighted by Crippen LogP contribution is 2.69. The summed E-state index contributed by atoms with van der Waals surface area (Å²) in [6, 6.07) is 0. The number of aliphatic hydroxyl groups is 6. The molecule has 4 rings (SSSR count). The van der Waals surface area contributed by atoms with E-state index in [1.807, 2.05) is 40.7 Å². The van der Waals surface area contributed by atoms with Crippen LogP contribution in [0.25, 0.3) is 0 Å². The van der Waals surface area contributed by atoms with Gasteiger partial charge in [0.1, 0.15) is 6.10 Å². The van der Waals surface area contributed by atoms with Crippen molar-refractivity contribution in [2.24, 2.45) is 46.3 Å². The molecule has 0 spiro atoms. The Morgan fingerprint density at radius 2 is 1.53 bits per heavy atom. The fraction of sp³-hybridized carbons (Fsp3) is 0.926. The summed E-state index contributed by atoms with van der Waals surface area (Å²) in [4.78, 5) is 0. The molecule has 4 aliphatic rings. The van der Waals surface area contributed by atoms with E-state index in [2.05, 4.69) is 0 Å². The highest BCUT2D eigenvalue weighted by Gasteiger charge is 2.73. The van der Waals surface area contributed by atoms with E-state index >= 15 is 0 Å². The van der Waals surface area contributed by atoms with Crippen molar-refractivity contribution >= 4 is 10.4 Å². The monoisotopic (exact) mass is 562 g/mol. The second-order valence-corrected chi connectivity index (χ2v) is 14.5. The maximum Gasteiger partial charge on any atom is 0.397 e. The molecule has 11 heteroatoms. The van der Waals surface area contributed by atoms with E-state index in [4.69, 9.17) is 8.74 Å². The van der Waals surface area contributed by atoms with Gasteiger partial charge >= 0.3 is 10.4 Å². The van der Waals surface area contributed by atoms with E-state index < -0.39 is 87.1 Å². The van der Waals surface area contributed by atoms with Crippen LogP contribution in [0.4, 0.5) is 0 Å². The fourth-order valence-electron chi connectivity index (χ4n) is 9.43. The standard InChI is InChI=1S/C27H46O10S/c1-13(2)15(28)7-6-14(3)19-22(31)23(32)24-26(19,5)11-9-18-25(4)10-8-17(37-38(34,35)36)21(30)20(25)16(29)12-27(18,24)33/h6-7,13-24,28-33H,8-12H2,1-5H3,(H,34,35,36). The van der Waals surface area contributed by atoms with Crippen molar-refractivity contribution in [1.29, 1.82) is 0 Å². The molecule has 4 saturated carbocycles. The second-order valence-electron chi connectivity index (χ2n) is 13.4. The molecular formula is C27H46O10S. The van der Waals surface area contributed by atoms with Crippen LogP contribution in [0.3, 0.4) is 0 Å². The number of fused-ring (bicyclic) bond motifs is 5. The van der Waals surface area contributed by atoms with Gasteiger partial charge in [-0.2, -0.15) is 8.42 Å². The van der Waals surface area contributed by atoms with Crippen LogP contribution in [0.5, 0.6) is 0 Å². The maximum atomic E-state index is 12.4. The Kier molecular flexibility index (Phi) is 8.00. The van der Waals surface area contributed by atoms with Crippen molar-refractivity contribution in [2.45, 2.75) is 109 Å². The van der Waals surface area contributed by atoms with Gasteiger partial charge in [-0.1, -0.05) is 46.8 Å². The van der Waals surface area contributed by atoms with Crippen LogP contribution < -0.4 is 0 Å². The molecule has 7 N–H and O–H groups in total. The van der Waals surface area contributed by atoms with Crippen LogP contribution in [0.1, 0.15) is 66.7 Å². The van der Waals surface area contributed by atoms with E-state index in [1.54, 1.807) is 6.08 Å². The summed E-state index contributed by atoms with van der Waals surface area (Å²) >= 11 is 0. The zero-order chi connectivity index (χ0) is 28.6. The topological polar surface area (TPSA) is 185 Å². The third-order valence-electron chi connectivity index (χ3n) is 11.0. The molecule has 0 aromatic heterocycles. The van der Waals surface area contributed by atoms with Crippen molar-refractivity contribution in [1.82, 2.24) is 0 Å². The van der Waals surface area contributed by atoms with Crippen LogP contribution in [0.15, 0.2) is 12.2 Å². The lowest BCUT2D eigenvalue weighted by Gasteiger charge is -2.66. The summed E-state index contributed by atoms with van der Waals surface area (Å²) in [5.74, 6) is -2.54. The second kappa shape index (κ2) is 10.0. The van der Waals surface area contributed by atoms with Crippen LogP contribution in [0, 0.1) is 46.3 Å². The average molecular weight is 563 g/mol. The van der Waals surface area contributed by atoms with Crippen LogP contribution in [-0.2, 0) is 14.6 Å². The SMILES string of the molecule is CC(C)C(O)C=CC(C)C1C(O)C(O)C2C1(C)CCC1C3(C)CCC(OS(=O)(=O)O)C(O)C3C(O)CC12O. The molecule has 4 aliphatic carbocycles. The Labute approximate surface area is 225 Å². The zero-order valence-corrected chi connectivity index (χ0v) is 23.7. The van der Waals surface area contributed by atoms with Gasteiger partial charge in [-0.05, 0) is 60.2 Å². The van der Waals surface area contributed by atoms with E-state index in [0.29, 0.717) is 19.3 Å².